The molecule has 0 unspecified atom stereocenters. The second-order valence-corrected chi connectivity index (χ2v) is 5.84. The van der Waals surface area contributed by atoms with Crippen molar-refractivity contribution in [3.63, 3.8) is 0 Å². The van der Waals surface area contributed by atoms with Crippen LogP contribution in [0.3, 0.4) is 0 Å². The Hall–Kier alpha value is -0.0800. The van der Waals surface area contributed by atoms with Gasteiger partial charge in [0.05, 0.1) is 6.10 Å². The largest absolute Gasteiger partial charge is 0.396 e. The molecule has 0 atom stereocenters. The van der Waals surface area contributed by atoms with Gasteiger partial charge < -0.3 is 10.2 Å². The van der Waals surface area contributed by atoms with Gasteiger partial charge in [-0.25, -0.2) is 0 Å². The average Bonchev–Trinajstić information content (AvgIpc) is 2.89. The first-order valence-electron chi connectivity index (χ1n) is 8.60. The van der Waals surface area contributed by atoms with Crippen LogP contribution >= 0.6 is 0 Å². The van der Waals surface area contributed by atoms with Crippen molar-refractivity contribution in [3.05, 3.63) is 0 Å². The summed E-state index contributed by atoms with van der Waals surface area (Å²) in [6.07, 6.45) is 17.9. The SMILES string of the molecule is CCCCCCCCCCCCO.OC1CCCC1. The molecule has 1 aliphatic rings. The normalized spacial score (nSPS) is 15.3. The summed E-state index contributed by atoms with van der Waals surface area (Å²) in [7, 11) is 0. The highest BCUT2D eigenvalue weighted by atomic mass is 16.3. The predicted octanol–water partition coefficient (Wildman–Crippen LogP) is 4.82. The Morgan fingerprint density at radius 1 is 0.737 bits per heavy atom. The molecule has 0 amide bonds. The van der Waals surface area contributed by atoms with E-state index in [0.717, 1.165) is 19.3 Å². The highest BCUT2D eigenvalue weighted by molar-refractivity contribution is 4.63. The molecule has 116 valence electrons. The smallest absolute Gasteiger partial charge is 0.0540 e. The first-order chi connectivity index (χ1) is 9.31. The molecule has 0 spiro atoms. The van der Waals surface area contributed by atoms with Gasteiger partial charge in [0.15, 0.2) is 0 Å². The van der Waals surface area contributed by atoms with Gasteiger partial charge in [-0.3, -0.25) is 0 Å². The lowest BCUT2D eigenvalue weighted by Gasteiger charge is -2.00. The molecule has 0 radical (unpaired) electrons. The number of aliphatic hydroxyl groups excluding tert-OH is 2. The van der Waals surface area contributed by atoms with Crippen LogP contribution in [-0.4, -0.2) is 22.9 Å². The highest BCUT2D eigenvalue weighted by Crippen LogP contribution is 2.16. The minimum atomic E-state index is 0.0463. The van der Waals surface area contributed by atoms with Gasteiger partial charge in [-0.15, -0.1) is 0 Å². The van der Waals surface area contributed by atoms with E-state index in [4.69, 9.17) is 10.2 Å². The van der Waals surface area contributed by atoms with Crippen LogP contribution in [0.4, 0.5) is 0 Å². The van der Waals surface area contributed by atoms with E-state index in [-0.39, 0.29) is 6.10 Å². The van der Waals surface area contributed by atoms with Crippen LogP contribution in [0.15, 0.2) is 0 Å². The summed E-state index contributed by atoms with van der Waals surface area (Å²) >= 11 is 0. The van der Waals surface area contributed by atoms with E-state index in [1.54, 1.807) is 0 Å². The number of hydrogen-bond donors (Lipinski definition) is 2. The van der Waals surface area contributed by atoms with Crippen molar-refractivity contribution < 1.29 is 10.2 Å². The summed E-state index contributed by atoms with van der Waals surface area (Å²) in [4.78, 5) is 0. The molecule has 2 nitrogen and oxygen atoms in total. The Morgan fingerprint density at radius 2 is 1.16 bits per heavy atom. The molecule has 0 bridgehead atoms. The minimum Gasteiger partial charge on any atom is -0.396 e. The fraction of sp³-hybridized carbons (Fsp3) is 1.00. The van der Waals surface area contributed by atoms with E-state index >= 15 is 0 Å². The number of hydrogen-bond acceptors (Lipinski definition) is 2. The van der Waals surface area contributed by atoms with Crippen LogP contribution in [0.5, 0.6) is 0 Å². The first-order valence-corrected chi connectivity index (χ1v) is 8.60. The van der Waals surface area contributed by atoms with Gasteiger partial charge in [-0.2, -0.15) is 0 Å². The molecule has 1 aliphatic carbocycles. The second kappa shape index (κ2) is 16.0. The van der Waals surface area contributed by atoms with E-state index in [1.807, 2.05) is 0 Å². The fourth-order valence-corrected chi connectivity index (χ4v) is 2.50. The Morgan fingerprint density at radius 3 is 1.47 bits per heavy atom. The van der Waals surface area contributed by atoms with Crippen LogP contribution in [0.1, 0.15) is 96.8 Å². The zero-order valence-corrected chi connectivity index (χ0v) is 13.1. The number of rotatable bonds is 10. The molecule has 0 aliphatic heterocycles. The Balaban J connectivity index is 0.000000443. The van der Waals surface area contributed by atoms with Gasteiger partial charge in [0, 0.05) is 6.61 Å². The van der Waals surface area contributed by atoms with Crippen molar-refractivity contribution in [3.8, 4) is 0 Å². The lowest BCUT2D eigenvalue weighted by molar-refractivity contribution is 0.183. The summed E-state index contributed by atoms with van der Waals surface area (Å²) in [6, 6.07) is 0. The number of unbranched alkanes of at least 4 members (excludes halogenated alkanes) is 9. The summed E-state index contributed by atoms with van der Waals surface area (Å²) in [5.41, 5.74) is 0. The van der Waals surface area contributed by atoms with Gasteiger partial charge >= 0.3 is 0 Å². The highest BCUT2D eigenvalue weighted by Gasteiger charge is 2.09. The van der Waals surface area contributed by atoms with Gasteiger partial charge in [-0.1, -0.05) is 77.6 Å². The van der Waals surface area contributed by atoms with Crippen molar-refractivity contribution in [2.75, 3.05) is 6.61 Å². The molecule has 1 saturated carbocycles. The quantitative estimate of drug-likeness (QED) is 0.560. The van der Waals surface area contributed by atoms with Crippen LogP contribution in [0, 0.1) is 0 Å². The van der Waals surface area contributed by atoms with Gasteiger partial charge in [0.25, 0.3) is 0 Å². The monoisotopic (exact) mass is 272 g/mol. The molecule has 19 heavy (non-hydrogen) atoms. The van der Waals surface area contributed by atoms with Crippen molar-refractivity contribution in [2.45, 2.75) is 103 Å². The molecule has 0 heterocycles. The zero-order valence-electron chi connectivity index (χ0n) is 13.1. The summed E-state index contributed by atoms with van der Waals surface area (Å²) < 4.78 is 0. The maximum Gasteiger partial charge on any atom is 0.0540 e. The summed E-state index contributed by atoms with van der Waals surface area (Å²) in [6.45, 7) is 2.63. The van der Waals surface area contributed by atoms with Crippen LogP contribution in [-0.2, 0) is 0 Å². The maximum absolute atomic E-state index is 8.73. The molecular weight excluding hydrogens is 236 g/mol. The molecule has 2 heteroatoms. The third-order valence-electron chi connectivity index (χ3n) is 3.84. The van der Waals surface area contributed by atoms with Gasteiger partial charge in [0.2, 0.25) is 0 Å². The summed E-state index contributed by atoms with van der Waals surface area (Å²) in [5.74, 6) is 0. The topological polar surface area (TPSA) is 40.5 Å². The second-order valence-electron chi connectivity index (χ2n) is 5.84. The average molecular weight is 272 g/mol. The number of aliphatic hydroxyl groups is 2. The predicted molar refractivity (Wildman–Crippen MR) is 83.4 cm³/mol. The van der Waals surface area contributed by atoms with Gasteiger partial charge in [0.1, 0.15) is 0 Å². The maximum atomic E-state index is 8.73. The third-order valence-corrected chi connectivity index (χ3v) is 3.84. The molecule has 1 rings (SSSR count). The molecular formula is C17H36O2. The van der Waals surface area contributed by atoms with Crippen LogP contribution in [0.25, 0.3) is 0 Å². The van der Waals surface area contributed by atoms with Crippen LogP contribution in [0.2, 0.25) is 0 Å². The Labute approximate surface area is 120 Å². The van der Waals surface area contributed by atoms with E-state index in [9.17, 15) is 0 Å². The van der Waals surface area contributed by atoms with E-state index < -0.39 is 0 Å². The van der Waals surface area contributed by atoms with Crippen LogP contribution < -0.4 is 0 Å². The lowest BCUT2D eigenvalue weighted by Crippen LogP contribution is -1.94. The summed E-state index contributed by atoms with van der Waals surface area (Å²) in [5, 5.41) is 17.3. The van der Waals surface area contributed by atoms with Gasteiger partial charge in [-0.05, 0) is 19.3 Å². The Kier molecular flexibility index (Phi) is 15.9. The lowest BCUT2D eigenvalue weighted by atomic mass is 10.1. The molecule has 0 aromatic heterocycles. The van der Waals surface area contributed by atoms with E-state index in [1.165, 1.54) is 70.6 Å². The van der Waals surface area contributed by atoms with Crippen molar-refractivity contribution >= 4 is 0 Å². The molecule has 0 saturated heterocycles. The third kappa shape index (κ3) is 15.9. The van der Waals surface area contributed by atoms with E-state index in [2.05, 4.69) is 6.92 Å². The van der Waals surface area contributed by atoms with E-state index in [0.29, 0.717) is 6.61 Å². The minimum absolute atomic E-state index is 0.0463. The van der Waals surface area contributed by atoms with Crippen molar-refractivity contribution in [1.82, 2.24) is 0 Å². The molecule has 1 fully saturated rings. The molecule has 0 aromatic rings. The Bertz CT molecular complexity index is 143. The zero-order chi connectivity index (χ0) is 14.2. The molecule has 2 N–H and O–H groups in total. The van der Waals surface area contributed by atoms with Crippen molar-refractivity contribution in [2.24, 2.45) is 0 Å². The first kappa shape index (κ1) is 18.9. The fourth-order valence-electron chi connectivity index (χ4n) is 2.50. The standard InChI is InChI=1S/C12H26O.C5H10O/c1-2-3-4-5-6-7-8-9-10-11-12-13;6-5-3-1-2-4-5/h13H,2-12H2,1H3;5-6H,1-4H2. The molecule has 0 aromatic carbocycles. The van der Waals surface area contributed by atoms with Crippen molar-refractivity contribution in [1.29, 1.82) is 0 Å².